The predicted molar refractivity (Wildman–Crippen MR) is 81.0 cm³/mol. The predicted octanol–water partition coefficient (Wildman–Crippen LogP) is -1.84. The van der Waals surface area contributed by atoms with Gasteiger partial charge >= 0.3 is 29.6 Å². The molecular formula is C17H15N2NaO3. The van der Waals surface area contributed by atoms with Crippen LogP contribution in [-0.2, 0) is 16.0 Å². The minimum absolute atomic E-state index is 0. The van der Waals surface area contributed by atoms with E-state index in [0.717, 1.165) is 16.3 Å². The van der Waals surface area contributed by atoms with Crippen LogP contribution in [0.3, 0.4) is 0 Å². The maximum absolute atomic E-state index is 12.3. The number of rotatable bonds is 3. The van der Waals surface area contributed by atoms with Gasteiger partial charge in [0.2, 0.25) is 5.91 Å². The SMILES string of the molecule is CCC1(Cc2cccc3ccccc23)C(=O)N=C([O-])NC1=O.[Na+]. The Morgan fingerprint density at radius 2 is 1.83 bits per heavy atom. The number of carbonyl (C=O) groups excluding carboxylic acids is 2. The molecule has 1 unspecified atom stereocenters. The Balaban J connectivity index is 0.00000192. The van der Waals surface area contributed by atoms with Gasteiger partial charge in [-0.3, -0.25) is 9.59 Å². The molecule has 0 saturated heterocycles. The van der Waals surface area contributed by atoms with Crippen molar-refractivity contribution in [3.8, 4) is 0 Å². The molecule has 3 rings (SSSR count). The molecule has 112 valence electrons. The average molecular weight is 318 g/mol. The fourth-order valence-electron chi connectivity index (χ4n) is 2.91. The van der Waals surface area contributed by atoms with E-state index in [1.165, 1.54) is 0 Å². The first-order valence-corrected chi connectivity index (χ1v) is 7.15. The molecule has 0 spiro atoms. The number of nitrogens with zero attached hydrogens (tertiary/aromatic N) is 1. The molecule has 0 bridgehead atoms. The van der Waals surface area contributed by atoms with Crippen LogP contribution < -0.4 is 40.0 Å². The Bertz CT molecular complexity index is 798. The normalized spacial score (nSPS) is 20.7. The molecule has 2 aromatic rings. The number of amidine groups is 1. The van der Waals surface area contributed by atoms with Gasteiger partial charge in [0, 0.05) is 0 Å². The van der Waals surface area contributed by atoms with E-state index in [2.05, 4.69) is 10.3 Å². The van der Waals surface area contributed by atoms with E-state index in [0.29, 0.717) is 0 Å². The molecule has 1 atom stereocenters. The summed E-state index contributed by atoms with van der Waals surface area (Å²) in [5, 5.41) is 15.4. The van der Waals surface area contributed by atoms with Gasteiger partial charge in [-0.25, -0.2) is 4.99 Å². The van der Waals surface area contributed by atoms with Crippen LogP contribution in [0.1, 0.15) is 18.9 Å². The van der Waals surface area contributed by atoms with Gasteiger partial charge < -0.3 is 10.4 Å². The topological polar surface area (TPSA) is 81.6 Å². The van der Waals surface area contributed by atoms with Gasteiger partial charge in [-0.2, -0.15) is 0 Å². The molecule has 1 heterocycles. The summed E-state index contributed by atoms with van der Waals surface area (Å²) in [4.78, 5) is 28.0. The third-order valence-electron chi connectivity index (χ3n) is 4.24. The first kappa shape index (κ1) is 17.7. The largest absolute Gasteiger partial charge is 1.00 e. The summed E-state index contributed by atoms with van der Waals surface area (Å²) in [5.41, 5.74) is -0.411. The molecule has 1 aliphatic heterocycles. The summed E-state index contributed by atoms with van der Waals surface area (Å²) in [6.45, 7) is 1.76. The van der Waals surface area contributed by atoms with Crippen LogP contribution in [0.15, 0.2) is 47.5 Å². The fourth-order valence-corrected chi connectivity index (χ4v) is 2.91. The van der Waals surface area contributed by atoms with Gasteiger partial charge in [-0.15, -0.1) is 0 Å². The van der Waals surface area contributed by atoms with Crippen molar-refractivity contribution < 1.29 is 44.3 Å². The van der Waals surface area contributed by atoms with Crippen LogP contribution in [0, 0.1) is 5.41 Å². The number of fused-ring (bicyclic) bond motifs is 1. The number of amides is 2. The van der Waals surface area contributed by atoms with Crippen LogP contribution in [0.5, 0.6) is 0 Å². The molecule has 1 aliphatic rings. The number of benzene rings is 2. The van der Waals surface area contributed by atoms with Crippen LogP contribution in [-0.4, -0.2) is 17.8 Å². The van der Waals surface area contributed by atoms with Crippen molar-refractivity contribution in [1.82, 2.24) is 5.32 Å². The molecule has 6 heteroatoms. The number of hydrogen-bond acceptors (Lipinski definition) is 3. The summed E-state index contributed by atoms with van der Waals surface area (Å²) in [6.07, 6.45) is 0.518. The van der Waals surface area contributed by atoms with E-state index in [1.54, 1.807) is 6.92 Å². The van der Waals surface area contributed by atoms with Gasteiger partial charge in [0.25, 0.3) is 5.91 Å². The summed E-state index contributed by atoms with van der Waals surface area (Å²) >= 11 is 0. The van der Waals surface area contributed by atoms with Crippen LogP contribution in [0.4, 0.5) is 0 Å². The quantitative estimate of drug-likeness (QED) is 0.533. The maximum Gasteiger partial charge on any atom is 1.00 e. The van der Waals surface area contributed by atoms with E-state index in [-0.39, 0.29) is 42.4 Å². The zero-order chi connectivity index (χ0) is 15.7. The monoisotopic (exact) mass is 318 g/mol. The molecule has 0 aromatic heterocycles. The molecule has 0 aliphatic carbocycles. The molecule has 0 fully saturated rings. The smallest absolute Gasteiger partial charge is 0.846 e. The van der Waals surface area contributed by atoms with E-state index < -0.39 is 23.3 Å². The second kappa shape index (κ2) is 6.83. The van der Waals surface area contributed by atoms with E-state index in [1.807, 2.05) is 42.5 Å². The number of carbonyl (C=O) groups is 2. The van der Waals surface area contributed by atoms with Gasteiger partial charge in [0.15, 0.2) is 0 Å². The Labute approximate surface area is 156 Å². The van der Waals surface area contributed by atoms with Crippen molar-refractivity contribution in [2.24, 2.45) is 10.4 Å². The number of aliphatic imine (C=N–C) groups is 1. The first-order chi connectivity index (χ1) is 10.6. The van der Waals surface area contributed by atoms with Crippen molar-refractivity contribution in [3.05, 3.63) is 48.0 Å². The maximum atomic E-state index is 12.3. The third-order valence-corrected chi connectivity index (χ3v) is 4.24. The van der Waals surface area contributed by atoms with Crippen molar-refractivity contribution in [3.63, 3.8) is 0 Å². The molecular weight excluding hydrogens is 303 g/mol. The molecule has 1 N–H and O–H groups in total. The van der Waals surface area contributed by atoms with Crippen molar-refractivity contribution >= 4 is 28.6 Å². The Hall–Kier alpha value is -1.69. The first-order valence-electron chi connectivity index (χ1n) is 7.15. The zero-order valence-electron chi connectivity index (χ0n) is 13.1. The van der Waals surface area contributed by atoms with E-state index >= 15 is 0 Å². The van der Waals surface area contributed by atoms with Gasteiger partial charge in [0.05, 0.1) is 6.02 Å². The number of hydrogen-bond donors (Lipinski definition) is 1. The van der Waals surface area contributed by atoms with Crippen LogP contribution >= 0.6 is 0 Å². The van der Waals surface area contributed by atoms with Gasteiger partial charge in [-0.1, -0.05) is 49.4 Å². The molecule has 5 nitrogen and oxygen atoms in total. The van der Waals surface area contributed by atoms with Crippen LogP contribution in [0.25, 0.3) is 10.8 Å². The van der Waals surface area contributed by atoms with Crippen molar-refractivity contribution in [1.29, 1.82) is 0 Å². The van der Waals surface area contributed by atoms with Gasteiger partial charge in [0.1, 0.15) is 5.41 Å². The van der Waals surface area contributed by atoms with Crippen molar-refractivity contribution in [2.75, 3.05) is 0 Å². The Morgan fingerprint density at radius 3 is 2.52 bits per heavy atom. The van der Waals surface area contributed by atoms with E-state index in [9.17, 15) is 14.7 Å². The minimum Gasteiger partial charge on any atom is -0.846 e. The minimum atomic E-state index is -1.31. The van der Waals surface area contributed by atoms with Gasteiger partial charge in [-0.05, 0) is 29.2 Å². The van der Waals surface area contributed by atoms with E-state index in [4.69, 9.17) is 0 Å². The summed E-state index contributed by atoms with van der Waals surface area (Å²) in [7, 11) is 0. The molecule has 0 radical (unpaired) electrons. The Morgan fingerprint density at radius 1 is 1.13 bits per heavy atom. The second-order valence-corrected chi connectivity index (χ2v) is 5.43. The third kappa shape index (κ3) is 3.04. The molecule has 23 heavy (non-hydrogen) atoms. The summed E-state index contributed by atoms with van der Waals surface area (Å²) in [6, 6.07) is 12.7. The van der Waals surface area contributed by atoms with Crippen LogP contribution in [0.2, 0.25) is 0 Å². The number of nitrogens with one attached hydrogen (secondary N) is 1. The average Bonchev–Trinajstić information content (AvgIpc) is 2.51. The second-order valence-electron chi connectivity index (χ2n) is 5.43. The van der Waals surface area contributed by atoms with Crippen molar-refractivity contribution in [2.45, 2.75) is 19.8 Å². The Kier molecular flexibility index (Phi) is 5.24. The molecule has 0 saturated carbocycles. The fraction of sp³-hybridized carbons (Fsp3) is 0.235. The standard InChI is InChI=1S/C17H16N2O3.Na/c1-2-17(14(20)18-16(22)19-15(17)21)10-12-8-5-7-11-6-3-4-9-13(11)12;/h3-9H,2,10H2,1H3,(H2,18,19,20,21,22);/q;+1/p-1. The summed E-state index contributed by atoms with van der Waals surface area (Å²) < 4.78 is 0. The summed E-state index contributed by atoms with van der Waals surface area (Å²) in [5.74, 6) is -1.22. The zero-order valence-corrected chi connectivity index (χ0v) is 15.1. The molecule has 2 amide bonds. The molecule has 2 aromatic carbocycles.